The lowest BCUT2D eigenvalue weighted by Crippen LogP contribution is -2.47. The molecule has 0 aromatic heterocycles. The average Bonchev–Trinajstić information content (AvgIpc) is 2.78. The van der Waals surface area contributed by atoms with E-state index in [1.54, 1.807) is 4.90 Å². The summed E-state index contributed by atoms with van der Waals surface area (Å²) < 4.78 is 5.43. The molecule has 0 aliphatic carbocycles. The van der Waals surface area contributed by atoms with E-state index in [4.69, 9.17) is 9.84 Å². The molecule has 192 valence electrons. The number of carboxylic acids is 1. The molecule has 3 heterocycles. The molecule has 3 rings (SSSR count). The third-order valence-electron chi connectivity index (χ3n) is 7.32. The summed E-state index contributed by atoms with van der Waals surface area (Å²) in [6.07, 6.45) is 4.91. The van der Waals surface area contributed by atoms with Crippen LogP contribution < -0.4 is 0 Å². The van der Waals surface area contributed by atoms with Gasteiger partial charge in [0.05, 0.1) is 0 Å². The van der Waals surface area contributed by atoms with Crippen LogP contribution in [0.3, 0.4) is 0 Å². The van der Waals surface area contributed by atoms with Crippen molar-refractivity contribution in [1.82, 2.24) is 14.7 Å². The van der Waals surface area contributed by atoms with Gasteiger partial charge in [0.2, 0.25) is 11.8 Å². The topological polar surface area (TPSA) is 107 Å². The van der Waals surface area contributed by atoms with Crippen LogP contribution in [-0.4, -0.2) is 88.6 Å². The Hall–Kier alpha value is -2.32. The van der Waals surface area contributed by atoms with Crippen LogP contribution in [0.2, 0.25) is 0 Å². The van der Waals surface area contributed by atoms with Crippen molar-refractivity contribution in [1.29, 1.82) is 0 Å². The molecular weight excluding hydrogens is 438 g/mol. The predicted molar refractivity (Wildman–Crippen MR) is 126 cm³/mol. The number of hydrogen-bond acceptors (Lipinski definition) is 5. The zero-order valence-corrected chi connectivity index (χ0v) is 21.0. The summed E-state index contributed by atoms with van der Waals surface area (Å²) in [5.74, 6) is -0.0139. The van der Waals surface area contributed by atoms with Crippen LogP contribution in [0.1, 0.15) is 72.1 Å². The van der Waals surface area contributed by atoms with Gasteiger partial charge in [0, 0.05) is 58.0 Å². The van der Waals surface area contributed by atoms with E-state index >= 15 is 0 Å². The second kappa shape index (κ2) is 11.4. The van der Waals surface area contributed by atoms with Gasteiger partial charge in [0.1, 0.15) is 5.60 Å². The highest BCUT2D eigenvalue weighted by Crippen LogP contribution is 2.27. The third-order valence-corrected chi connectivity index (χ3v) is 7.32. The fourth-order valence-corrected chi connectivity index (χ4v) is 5.26. The lowest BCUT2D eigenvalue weighted by molar-refractivity contribution is -0.139. The Morgan fingerprint density at radius 2 is 1.21 bits per heavy atom. The second-order valence-corrected chi connectivity index (χ2v) is 11.1. The number of ether oxygens (including phenoxy) is 1. The number of amides is 3. The lowest BCUT2D eigenvalue weighted by atomic mass is 9.89. The quantitative estimate of drug-likeness (QED) is 0.650. The normalized spacial score (nSPS) is 21.4. The number of carbonyl (C=O) groups excluding carboxylic acids is 3. The molecule has 3 saturated heterocycles. The number of likely N-dealkylation sites (tertiary alicyclic amines) is 3. The third kappa shape index (κ3) is 7.60. The Labute approximate surface area is 202 Å². The van der Waals surface area contributed by atoms with E-state index in [0.29, 0.717) is 64.4 Å². The molecule has 3 fully saturated rings. The Kier molecular flexibility index (Phi) is 8.82. The molecule has 0 aromatic carbocycles. The first kappa shape index (κ1) is 26.3. The van der Waals surface area contributed by atoms with Crippen LogP contribution in [0.15, 0.2) is 0 Å². The predicted octanol–water partition coefficient (Wildman–Crippen LogP) is 2.98. The standard InChI is InChI=1S/C25H41N3O6/c1-25(2,3)34-24(33)28-14-8-20(9-15-28)23(32)27-12-6-18(7-13-27)16-21(29)26-10-4-19(5-11-26)17-22(30)31/h18-20H,4-17H2,1-3H3,(H,30,31). The van der Waals surface area contributed by atoms with Gasteiger partial charge in [-0.3, -0.25) is 14.4 Å². The molecule has 3 aliphatic heterocycles. The average molecular weight is 480 g/mol. The van der Waals surface area contributed by atoms with Crippen molar-refractivity contribution in [2.45, 2.75) is 77.7 Å². The zero-order valence-electron chi connectivity index (χ0n) is 21.0. The van der Waals surface area contributed by atoms with E-state index in [2.05, 4.69) is 0 Å². The Balaban J connectivity index is 1.35. The van der Waals surface area contributed by atoms with Gasteiger partial charge >= 0.3 is 12.1 Å². The first-order chi connectivity index (χ1) is 16.0. The minimum atomic E-state index is -0.764. The largest absolute Gasteiger partial charge is 0.481 e. The minimum absolute atomic E-state index is 0.0519. The maximum Gasteiger partial charge on any atom is 0.410 e. The Morgan fingerprint density at radius 1 is 0.735 bits per heavy atom. The molecule has 0 saturated carbocycles. The summed E-state index contributed by atoms with van der Waals surface area (Å²) in [6.45, 7) is 9.30. The highest BCUT2D eigenvalue weighted by atomic mass is 16.6. The highest BCUT2D eigenvalue weighted by Gasteiger charge is 2.34. The molecule has 1 N–H and O–H groups in total. The molecule has 9 nitrogen and oxygen atoms in total. The summed E-state index contributed by atoms with van der Waals surface area (Å²) in [6, 6.07) is 0. The van der Waals surface area contributed by atoms with Crippen LogP contribution in [0.25, 0.3) is 0 Å². The lowest BCUT2D eigenvalue weighted by Gasteiger charge is -2.38. The number of hydrogen-bond donors (Lipinski definition) is 1. The van der Waals surface area contributed by atoms with E-state index in [0.717, 1.165) is 25.7 Å². The number of nitrogens with zero attached hydrogens (tertiary/aromatic N) is 3. The molecule has 0 unspecified atom stereocenters. The number of carbonyl (C=O) groups is 4. The maximum atomic E-state index is 13.0. The van der Waals surface area contributed by atoms with Crippen molar-refractivity contribution in [3.05, 3.63) is 0 Å². The monoisotopic (exact) mass is 479 g/mol. The SMILES string of the molecule is CC(C)(C)OC(=O)N1CCC(C(=O)N2CCC(CC(=O)N3CCC(CC(=O)O)CC3)CC2)CC1. The fraction of sp³-hybridized carbons (Fsp3) is 0.840. The second-order valence-electron chi connectivity index (χ2n) is 11.1. The first-order valence-electron chi connectivity index (χ1n) is 12.8. The van der Waals surface area contributed by atoms with Gasteiger partial charge in [-0.1, -0.05) is 0 Å². The summed E-state index contributed by atoms with van der Waals surface area (Å²) in [7, 11) is 0. The van der Waals surface area contributed by atoms with Gasteiger partial charge in [-0.05, 0) is 71.1 Å². The summed E-state index contributed by atoms with van der Waals surface area (Å²) in [4.78, 5) is 54.4. The molecule has 0 atom stereocenters. The Bertz CT molecular complexity index is 740. The van der Waals surface area contributed by atoms with Gasteiger partial charge in [0.15, 0.2) is 0 Å². The van der Waals surface area contributed by atoms with E-state index in [1.165, 1.54) is 0 Å². The zero-order chi connectivity index (χ0) is 24.9. The number of aliphatic carboxylic acids is 1. The maximum absolute atomic E-state index is 13.0. The van der Waals surface area contributed by atoms with Crippen molar-refractivity contribution in [3.63, 3.8) is 0 Å². The fourth-order valence-electron chi connectivity index (χ4n) is 5.26. The van der Waals surface area contributed by atoms with Crippen molar-refractivity contribution in [2.24, 2.45) is 17.8 Å². The van der Waals surface area contributed by atoms with Gasteiger partial charge in [0.25, 0.3) is 0 Å². The van der Waals surface area contributed by atoms with Crippen molar-refractivity contribution < 1.29 is 29.0 Å². The Morgan fingerprint density at radius 3 is 1.71 bits per heavy atom. The van der Waals surface area contributed by atoms with Crippen molar-refractivity contribution in [2.75, 3.05) is 39.3 Å². The number of rotatable bonds is 5. The van der Waals surface area contributed by atoms with E-state index < -0.39 is 11.6 Å². The van der Waals surface area contributed by atoms with Crippen LogP contribution in [0, 0.1) is 17.8 Å². The highest BCUT2D eigenvalue weighted by molar-refractivity contribution is 5.80. The minimum Gasteiger partial charge on any atom is -0.481 e. The van der Waals surface area contributed by atoms with E-state index in [1.807, 2.05) is 30.6 Å². The van der Waals surface area contributed by atoms with Crippen molar-refractivity contribution in [3.8, 4) is 0 Å². The molecule has 0 spiro atoms. The molecule has 0 radical (unpaired) electrons. The summed E-state index contributed by atoms with van der Waals surface area (Å²) in [5, 5.41) is 8.94. The molecule has 0 aromatic rings. The number of piperidine rings is 3. The molecule has 9 heteroatoms. The van der Waals surface area contributed by atoms with Gasteiger partial charge < -0.3 is 24.5 Å². The van der Waals surface area contributed by atoms with Crippen LogP contribution in [0.4, 0.5) is 4.79 Å². The van der Waals surface area contributed by atoms with Gasteiger partial charge in [-0.2, -0.15) is 0 Å². The smallest absolute Gasteiger partial charge is 0.410 e. The summed E-state index contributed by atoms with van der Waals surface area (Å²) >= 11 is 0. The molecule has 3 amide bonds. The summed E-state index contributed by atoms with van der Waals surface area (Å²) in [5.41, 5.74) is -0.522. The molecule has 0 bridgehead atoms. The molecular formula is C25H41N3O6. The van der Waals surface area contributed by atoms with Gasteiger partial charge in [-0.25, -0.2) is 4.79 Å². The number of carboxylic acid groups (broad SMARTS) is 1. The van der Waals surface area contributed by atoms with E-state index in [-0.39, 0.29) is 36.2 Å². The van der Waals surface area contributed by atoms with E-state index in [9.17, 15) is 19.2 Å². The van der Waals surface area contributed by atoms with Crippen molar-refractivity contribution >= 4 is 23.9 Å². The molecule has 3 aliphatic rings. The van der Waals surface area contributed by atoms with Crippen LogP contribution in [-0.2, 0) is 19.1 Å². The van der Waals surface area contributed by atoms with Crippen LogP contribution >= 0.6 is 0 Å². The van der Waals surface area contributed by atoms with Crippen LogP contribution in [0.5, 0.6) is 0 Å². The first-order valence-corrected chi connectivity index (χ1v) is 12.8. The molecule has 34 heavy (non-hydrogen) atoms. The van der Waals surface area contributed by atoms with Gasteiger partial charge in [-0.15, -0.1) is 0 Å².